The lowest BCUT2D eigenvalue weighted by atomic mass is 10.0. The van der Waals surface area contributed by atoms with Crippen molar-refractivity contribution < 1.29 is 0 Å². The van der Waals surface area contributed by atoms with Gasteiger partial charge in [-0.25, -0.2) is 4.68 Å². The van der Waals surface area contributed by atoms with E-state index in [1.807, 2.05) is 6.20 Å². The van der Waals surface area contributed by atoms with Crippen molar-refractivity contribution in [1.29, 1.82) is 0 Å². The van der Waals surface area contributed by atoms with Crippen LogP contribution in [0.5, 0.6) is 0 Å². The van der Waals surface area contributed by atoms with E-state index in [-0.39, 0.29) is 0 Å². The minimum Gasteiger partial charge on any atom is -0.355 e. The lowest BCUT2D eigenvalue weighted by Gasteiger charge is -2.21. The van der Waals surface area contributed by atoms with Gasteiger partial charge in [-0.2, -0.15) is 5.10 Å². The highest BCUT2D eigenvalue weighted by Gasteiger charge is 2.25. The van der Waals surface area contributed by atoms with Crippen LogP contribution >= 0.6 is 0 Å². The van der Waals surface area contributed by atoms with Crippen molar-refractivity contribution in [1.82, 2.24) is 14.3 Å². The summed E-state index contributed by atoms with van der Waals surface area (Å²) in [6, 6.07) is 54.0. The maximum absolute atomic E-state index is 4.99. The summed E-state index contributed by atoms with van der Waals surface area (Å²) in [5.74, 6) is 0. The molecule has 2 aromatic heterocycles. The first kappa shape index (κ1) is 26.3. The molecular formula is C41H31N5. The molecule has 0 amide bonds. The third-order valence-corrected chi connectivity index (χ3v) is 9.14. The second-order valence-electron chi connectivity index (χ2n) is 11.9. The first-order chi connectivity index (χ1) is 22.7. The van der Waals surface area contributed by atoms with Crippen molar-refractivity contribution in [2.24, 2.45) is 0 Å². The van der Waals surface area contributed by atoms with Gasteiger partial charge < -0.3 is 14.4 Å². The molecule has 5 heteroatoms. The highest BCUT2D eigenvalue weighted by molar-refractivity contribution is 6.10. The Bertz CT molecular complexity index is 2370. The van der Waals surface area contributed by atoms with Crippen molar-refractivity contribution in [3.8, 4) is 33.8 Å². The van der Waals surface area contributed by atoms with Crippen molar-refractivity contribution in [3.05, 3.63) is 158 Å². The predicted octanol–water partition coefficient (Wildman–Crippen LogP) is 9.85. The summed E-state index contributed by atoms with van der Waals surface area (Å²) in [7, 11) is 2.15. The van der Waals surface area contributed by atoms with Gasteiger partial charge in [-0.05, 0) is 54.1 Å². The molecule has 0 radical (unpaired) electrons. The van der Waals surface area contributed by atoms with Gasteiger partial charge in [0, 0.05) is 40.3 Å². The van der Waals surface area contributed by atoms with Gasteiger partial charge in [0.15, 0.2) is 0 Å². The second-order valence-corrected chi connectivity index (χ2v) is 11.9. The molecule has 1 aliphatic heterocycles. The predicted molar refractivity (Wildman–Crippen MR) is 191 cm³/mol. The summed E-state index contributed by atoms with van der Waals surface area (Å²) in [4.78, 5) is 4.69. The Morgan fingerprint density at radius 2 is 1.20 bits per heavy atom. The molecule has 5 nitrogen and oxygen atoms in total. The van der Waals surface area contributed by atoms with Crippen LogP contribution < -0.4 is 9.80 Å². The number of fused-ring (bicyclic) bond motifs is 4. The maximum Gasteiger partial charge on any atom is 0.0950 e. The van der Waals surface area contributed by atoms with Crippen LogP contribution in [0, 0.1) is 0 Å². The zero-order valence-electron chi connectivity index (χ0n) is 25.5. The van der Waals surface area contributed by atoms with E-state index in [1.165, 1.54) is 33.4 Å². The summed E-state index contributed by atoms with van der Waals surface area (Å²) >= 11 is 0. The fourth-order valence-corrected chi connectivity index (χ4v) is 7.02. The Morgan fingerprint density at radius 1 is 0.522 bits per heavy atom. The SMILES string of the molecule is CN1CN(c2cccc(-n3c4ccccc4c4ccc(-n5ncc(-c6ccccc6)c5-c5ccccc5)cc43)c2)c2ccccc21. The van der Waals surface area contributed by atoms with Crippen molar-refractivity contribution in [2.75, 3.05) is 23.5 Å². The highest BCUT2D eigenvalue weighted by Crippen LogP contribution is 2.41. The smallest absolute Gasteiger partial charge is 0.0950 e. The van der Waals surface area contributed by atoms with E-state index in [4.69, 9.17) is 5.10 Å². The topological polar surface area (TPSA) is 29.2 Å². The summed E-state index contributed by atoms with van der Waals surface area (Å²) in [6.07, 6.45) is 1.99. The van der Waals surface area contributed by atoms with E-state index >= 15 is 0 Å². The fraction of sp³-hybridized carbons (Fsp3) is 0.0488. The first-order valence-electron chi connectivity index (χ1n) is 15.7. The Hall–Kier alpha value is -6.07. The monoisotopic (exact) mass is 593 g/mol. The van der Waals surface area contributed by atoms with Crippen LogP contribution in [0.4, 0.5) is 17.1 Å². The van der Waals surface area contributed by atoms with E-state index in [2.05, 4.69) is 178 Å². The molecule has 9 rings (SSSR count). The van der Waals surface area contributed by atoms with Crippen LogP contribution in [0.3, 0.4) is 0 Å². The molecule has 0 bridgehead atoms. The Kier molecular flexibility index (Phi) is 6.03. The quantitative estimate of drug-likeness (QED) is 0.199. The number of nitrogens with zero attached hydrogens (tertiary/aromatic N) is 5. The standard InChI is InChI=1S/C41H31N5/c1-43-28-44(39-22-11-10-21-38(39)43)31-17-12-18-32(25-31)45-37-20-9-8-19-34(37)35-24-23-33(26-40(35)45)46-41(30-15-6-3-7-16-30)36(27-42-46)29-13-4-2-5-14-29/h2-27H,28H2,1H3. The molecular weight excluding hydrogens is 562 g/mol. The fourth-order valence-electron chi connectivity index (χ4n) is 7.02. The molecule has 3 heterocycles. The van der Waals surface area contributed by atoms with Gasteiger partial charge in [-0.1, -0.05) is 103 Å². The average Bonchev–Trinajstić information content (AvgIpc) is 3.81. The van der Waals surface area contributed by atoms with E-state index in [9.17, 15) is 0 Å². The molecule has 220 valence electrons. The number of hydrogen-bond acceptors (Lipinski definition) is 3. The van der Waals surface area contributed by atoms with Gasteiger partial charge in [-0.3, -0.25) is 0 Å². The zero-order chi connectivity index (χ0) is 30.6. The van der Waals surface area contributed by atoms with Crippen LogP contribution in [0.2, 0.25) is 0 Å². The minimum atomic E-state index is 0.811. The number of anilines is 3. The van der Waals surface area contributed by atoms with E-state index in [0.717, 1.165) is 45.9 Å². The number of benzene rings is 6. The summed E-state index contributed by atoms with van der Waals surface area (Å²) in [5, 5.41) is 7.44. The molecule has 0 saturated carbocycles. The normalized spacial score (nSPS) is 12.7. The molecule has 0 N–H and O–H groups in total. The molecule has 8 aromatic rings. The van der Waals surface area contributed by atoms with Crippen LogP contribution in [-0.4, -0.2) is 28.1 Å². The van der Waals surface area contributed by atoms with E-state index < -0.39 is 0 Å². The van der Waals surface area contributed by atoms with Crippen LogP contribution in [0.1, 0.15) is 0 Å². The van der Waals surface area contributed by atoms with Crippen molar-refractivity contribution >= 4 is 38.9 Å². The van der Waals surface area contributed by atoms with Gasteiger partial charge in [0.2, 0.25) is 0 Å². The Balaban J connectivity index is 1.24. The highest BCUT2D eigenvalue weighted by atomic mass is 15.4. The number of hydrogen-bond donors (Lipinski definition) is 0. The molecule has 0 atom stereocenters. The molecule has 0 aliphatic carbocycles. The van der Waals surface area contributed by atoms with Gasteiger partial charge in [-0.15, -0.1) is 0 Å². The molecule has 6 aromatic carbocycles. The average molecular weight is 594 g/mol. The molecule has 0 spiro atoms. The molecule has 0 unspecified atom stereocenters. The number of aromatic nitrogens is 3. The van der Waals surface area contributed by atoms with Crippen molar-refractivity contribution in [3.63, 3.8) is 0 Å². The van der Waals surface area contributed by atoms with E-state index in [1.54, 1.807) is 0 Å². The lowest BCUT2D eigenvalue weighted by Crippen LogP contribution is -2.24. The Labute approximate surface area is 267 Å². The summed E-state index contributed by atoms with van der Waals surface area (Å²) in [5.41, 5.74) is 12.6. The van der Waals surface area contributed by atoms with Crippen LogP contribution in [-0.2, 0) is 0 Å². The second kappa shape index (κ2) is 10.5. The van der Waals surface area contributed by atoms with Crippen LogP contribution in [0.25, 0.3) is 55.6 Å². The van der Waals surface area contributed by atoms with Gasteiger partial charge in [0.1, 0.15) is 0 Å². The van der Waals surface area contributed by atoms with E-state index in [0.29, 0.717) is 0 Å². The molecule has 46 heavy (non-hydrogen) atoms. The molecule has 0 saturated heterocycles. The first-order valence-corrected chi connectivity index (χ1v) is 15.7. The minimum absolute atomic E-state index is 0.811. The third-order valence-electron chi connectivity index (χ3n) is 9.14. The summed E-state index contributed by atoms with van der Waals surface area (Å²) < 4.78 is 4.49. The van der Waals surface area contributed by atoms with Gasteiger partial charge in [0.05, 0.1) is 46.7 Å². The van der Waals surface area contributed by atoms with Gasteiger partial charge >= 0.3 is 0 Å². The molecule has 1 aliphatic rings. The van der Waals surface area contributed by atoms with Crippen LogP contribution in [0.15, 0.2) is 158 Å². The molecule has 0 fully saturated rings. The zero-order valence-corrected chi connectivity index (χ0v) is 25.5. The Morgan fingerprint density at radius 3 is 2.02 bits per heavy atom. The number of rotatable bonds is 5. The third kappa shape index (κ3) is 4.13. The van der Waals surface area contributed by atoms with Gasteiger partial charge in [0.25, 0.3) is 0 Å². The number of para-hydroxylation sites is 3. The largest absolute Gasteiger partial charge is 0.355 e. The van der Waals surface area contributed by atoms with Crippen molar-refractivity contribution in [2.45, 2.75) is 0 Å². The summed E-state index contributed by atoms with van der Waals surface area (Å²) in [6.45, 7) is 0.811. The maximum atomic E-state index is 4.99. The lowest BCUT2D eigenvalue weighted by molar-refractivity contribution is 0.889.